The van der Waals surface area contributed by atoms with Gasteiger partial charge >= 0.3 is 0 Å². The SMILES string of the molecule is O=C(NCCCCc1ccccc1)c1ccc([N+](=O)[O-])cc1[N+](=O)[O-]. The Morgan fingerprint density at radius 3 is 2.32 bits per heavy atom. The zero-order chi connectivity index (χ0) is 18.2. The maximum absolute atomic E-state index is 12.1. The lowest BCUT2D eigenvalue weighted by Crippen LogP contribution is -2.25. The maximum atomic E-state index is 12.1. The summed E-state index contributed by atoms with van der Waals surface area (Å²) >= 11 is 0. The van der Waals surface area contributed by atoms with E-state index in [0.29, 0.717) is 6.54 Å². The van der Waals surface area contributed by atoms with Crippen molar-refractivity contribution in [3.05, 3.63) is 79.9 Å². The van der Waals surface area contributed by atoms with E-state index >= 15 is 0 Å². The number of non-ortho nitro benzene ring substituents is 1. The van der Waals surface area contributed by atoms with E-state index in [4.69, 9.17) is 0 Å². The summed E-state index contributed by atoms with van der Waals surface area (Å²) in [5.41, 5.74) is 0.0283. The number of nitrogens with one attached hydrogen (secondary N) is 1. The highest BCUT2D eigenvalue weighted by Crippen LogP contribution is 2.24. The number of nitro groups is 2. The highest BCUT2D eigenvalue weighted by atomic mass is 16.6. The minimum atomic E-state index is -0.794. The van der Waals surface area contributed by atoms with Crippen LogP contribution in [0.1, 0.15) is 28.8 Å². The van der Waals surface area contributed by atoms with Crippen molar-refractivity contribution < 1.29 is 14.6 Å². The number of nitro benzene ring substituents is 2. The van der Waals surface area contributed by atoms with Crippen LogP contribution in [0.4, 0.5) is 11.4 Å². The first-order valence-electron chi connectivity index (χ1n) is 7.74. The van der Waals surface area contributed by atoms with E-state index in [9.17, 15) is 25.0 Å². The predicted molar refractivity (Wildman–Crippen MR) is 91.5 cm³/mol. The third-order valence-electron chi connectivity index (χ3n) is 3.65. The second-order valence-electron chi connectivity index (χ2n) is 5.41. The molecule has 0 bridgehead atoms. The summed E-state index contributed by atoms with van der Waals surface area (Å²) in [5, 5.41) is 24.4. The van der Waals surface area contributed by atoms with Crippen LogP contribution in [0, 0.1) is 20.2 Å². The van der Waals surface area contributed by atoms with Crippen LogP contribution < -0.4 is 5.32 Å². The lowest BCUT2D eigenvalue weighted by atomic mass is 10.1. The van der Waals surface area contributed by atoms with Gasteiger partial charge in [0.25, 0.3) is 17.3 Å². The number of aryl methyl sites for hydroxylation is 1. The lowest BCUT2D eigenvalue weighted by Gasteiger charge is -2.06. The van der Waals surface area contributed by atoms with Crippen LogP contribution in [0.25, 0.3) is 0 Å². The summed E-state index contributed by atoms with van der Waals surface area (Å²) in [6.07, 6.45) is 2.47. The van der Waals surface area contributed by atoms with Crippen molar-refractivity contribution in [1.29, 1.82) is 0 Å². The number of unbranched alkanes of at least 4 members (excludes halogenated alkanes) is 1. The molecule has 2 aromatic carbocycles. The van der Waals surface area contributed by atoms with E-state index in [-0.39, 0.29) is 5.56 Å². The Balaban J connectivity index is 1.90. The fourth-order valence-corrected chi connectivity index (χ4v) is 2.37. The Morgan fingerprint density at radius 2 is 1.68 bits per heavy atom. The molecule has 8 heteroatoms. The molecule has 8 nitrogen and oxygen atoms in total. The molecule has 2 aromatic rings. The first kappa shape index (κ1) is 18.1. The van der Waals surface area contributed by atoms with Gasteiger partial charge in [0, 0.05) is 12.6 Å². The van der Waals surface area contributed by atoms with Gasteiger partial charge in [-0.05, 0) is 30.9 Å². The van der Waals surface area contributed by atoms with E-state index in [0.717, 1.165) is 37.5 Å². The predicted octanol–water partition coefficient (Wildman–Crippen LogP) is 3.26. The maximum Gasteiger partial charge on any atom is 0.289 e. The zero-order valence-electron chi connectivity index (χ0n) is 13.4. The highest BCUT2D eigenvalue weighted by Gasteiger charge is 2.23. The van der Waals surface area contributed by atoms with Crippen molar-refractivity contribution in [3.63, 3.8) is 0 Å². The van der Waals surface area contributed by atoms with Crippen molar-refractivity contribution in [3.8, 4) is 0 Å². The molecule has 2 rings (SSSR count). The standard InChI is InChI=1S/C17H17N3O5/c21-17(18-11-5-4-8-13-6-2-1-3-7-13)15-10-9-14(19(22)23)12-16(15)20(24)25/h1-3,6-7,9-10,12H,4-5,8,11H2,(H,18,21). The molecule has 130 valence electrons. The zero-order valence-corrected chi connectivity index (χ0v) is 13.4. The Labute approximate surface area is 143 Å². The van der Waals surface area contributed by atoms with E-state index < -0.39 is 27.1 Å². The van der Waals surface area contributed by atoms with Gasteiger partial charge in [-0.2, -0.15) is 0 Å². The van der Waals surface area contributed by atoms with Crippen LogP contribution in [0.2, 0.25) is 0 Å². The number of hydrogen-bond acceptors (Lipinski definition) is 5. The minimum absolute atomic E-state index is 0.182. The fraction of sp³-hybridized carbons (Fsp3) is 0.235. The van der Waals surface area contributed by atoms with Crippen LogP contribution in [0.15, 0.2) is 48.5 Å². The van der Waals surface area contributed by atoms with Crippen LogP contribution >= 0.6 is 0 Å². The average Bonchev–Trinajstić information content (AvgIpc) is 2.61. The van der Waals surface area contributed by atoms with Gasteiger partial charge < -0.3 is 5.32 Å². The van der Waals surface area contributed by atoms with Crippen molar-refractivity contribution >= 4 is 17.3 Å². The number of carbonyl (C=O) groups is 1. The van der Waals surface area contributed by atoms with Crippen molar-refractivity contribution in [2.24, 2.45) is 0 Å². The monoisotopic (exact) mass is 343 g/mol. The van der Waals surface area contributed by atoms with Gasteiger partial charge in [0.2, 0.25) is 0 Å². The first-order valence-corrected chi connectivity index (χ1v) is 7.74. The molecule has 0 aliphatic carbocycles. The summed E-state index contributed by atoms with van der Waals surface area (Å²) in [6.45, 7) is 0.375. The third-order valence-corrected chi connectivity index (χ3v) is 3.65. The van der Waals surface area contributed by atoms with E-state index in [1.54, 1.807) is 0 Å². The smallest absolute Gasteiger partial charge is 0.289 e. The minimum Gasteiger partial charge on any atom is -0.352 e. The second kappa shape index (κ2) is 8.53. The summed E-state index contributed by atoms with van der Waals surface area (Å²) in [7, 11) is 0. The van der Waals surface area contributed by atoms with Gasteiger partial charge in [0.05, 0.1) is 15.9 Å². The average molecular weight is 343 g/mol. The lowest BCUT2D eigenvalue weighted by molar-refractivity contribution is -0.394. The molecule has 1 amide bonds. The molecule has 1 N–H and O–H groups in total. The summed E-state index contributed by atoms with van der Waals surface area (Å²) in [5.74, 6) is -0.610. The highest BCUT2D eigenvalue weighted by molar-refractivity contribution is 5.98. The summed E-state index contributed by atoms with van der Waals surface area (Å²) < 4.78 is 0. The van der Waals surface area contributed by atoms with Crippen molar-refractivity contribution in [2.75, 3.05) is 6.54 Å². The quantitative estimate of drug-likeness (QED) is 0.449. The van der Waals surface area contributed by atoms with Gasteiger partial charge in [0.15, 0.2) is 0 Å². The molecule has 0 unspecified atom stereocenters. The molecule has 0 aromatic heterocycles. The van der Waals surface area contributed by atoms with Crippen LogP contribution in [0.5, 0.6) is 0 Å². The third kappa shape index (κ3) is 5.10. The van der Waals surface area contributed by atoms with Gasteiger partial charge in [-0.1, -0.05) is 30.3 Å². The molecule has 0 radical (unpaired) electrons. The normalized spacial score (nSPS) is 10.2. The number of rotatable bonds is 8. The first-order chi connectivity index (χ1) is 12.0. The Kier molecular flexibility index (Phi) is 6.16. The van der Waals surface area contributed by atoms with Crippen LogP contribution in [-0.4, -0.2) is 22.3 Å². The van der Waals surface area contributed by atoms with Crippen molar-refractivity contribution in [2.45, 2.75) is 19.3 Å². The molecular formula is C17H17N3O5. The second-order valence-corrected chi connectivity index (χ2v) is 5.41. The number of amides is 1. The molecular weight excluding hydrogens is 326 g/mol. The Bertz CT molecular complexity index is 777. The summed E-state index contributed by atoms with van der Waals surface area (Å²) in [6, 6.07) is 12.9. The summed E-state index contributed by atoms with van der Waals surface area (Å²) in [4.78, 5) is 32.3. The molecule has 0 heterocycles. The topological polar surface area (TPSA) is 115 Å². The molecule has 0 aliphatic rings. The van der Waals surface area contributed by atoms with Gasteiger partial charge in [0.1, 0.15) is 5.56 Å². The van der Waals surface area contributed by atoms with Gasteiger partial charge in [-0.3, -0.25) is 25.0 Å². The number of nitrogens with zero attached hydrogens (tertiary/aromatic N) is 2. The Morgan fingerprint density at radius 1 is 0.960 bits per heavy atom. The molecule has 0 spiro atoms. The fourth-order valence-electron chi connectivity index (χ4n) is 2.37. The number of benzene rings is 2. The molecule has 0 saturated carbocycles. The number of hydrogen-bond donors (Lipinski definition) is 1. The largest absolute Gasteiger partial charge is 0.352 e. The molecule has 25 heavy (non-hydrogen) atoms. The van der Waals surface area contributed by atoms with E-state index in [1.165, 1.54) is 5.56 Å². The van der Waals surface area contributed by atoms with Gasteiger partial charge in [-0.15, -0.1) is 0 Å². The molecule has 0 atom stereocenters. The molecule has 0 fully saturated rings. The van der Waals surface area contributed by atoms with Gasteiger partial charge in [-0.25, -0.2) is 0 Å². The van der Waals surface area contributed by atoms with Crippen LogP contribution in [-0.2, 0) is 6.42 Å². The molecule has 0 aliphatic heterocycles. The van der Waals surface area contributed by atoms with Crippen LogP contribution in [0.3, 0.4) is 0 Å². The molecule has 0 saturated heterocycles. The van der Waals surface area contributed by atoms with Crippen molar-refractivity contribution in [1.82, 2.24) is 5.32 Å². The van der Waals surface area contributed by atoms with E-state index in [2.05, 4.69) is 5.32 Å². The Hall–Kier alpha value is -3.29. The number of carbonyl (C=O) groups excluding carboxylic acids is 1. The van der Waals surface area contributed by atoms with E-state index in [1.807, 2.05) is 30.3 Å².